The van der Waals surface area contributed by atoms with Crippen LogP contribution in [0.3, 0.4) is 0 Å². The molecule has 0 radical (unpaired) electrons. The molecule has 2 N–H and O–H groups in total. The maximum atomic E-state index is 6.08. The largest absolute Gasteiger partial charge is 0.306 e. The van der Waals surface area contributed by atoms with Gasteiger partial charge in [-0.25, -0.2) is 5.84 Å². The highest BCUT2D eigenvalue weighted by Gasteiger charge is 2.07. The molecule has 0 fully saturated rings. The van der Waals surface area contributed by atoms with E-state index < -0.39 is 0 Å². The van der Waals surface area contributed by atoms with Gasteiger partial charge in [-0.2, -0.15) is 0 Å². The first-order valence-electron chi connectivity index (χ1n) is 5.28. The number of nitrogens with zero attached hydrogens (tertiary/aromatic N) is 1. The number of benzene rings is 2. The normalized spacial score (nSPS) is 10.4. The monoisotopic (exact) mass is 300 g/mol. The highest BCUT2D eigenvalue weighted by Crippen LogP contribution is 2.26. The molecule has 18 heavy (non-hydrogen) atoms. The quantitative estimate of drug-likeness (QED) is 0.667. The minimum Gasteiger partial charge on any atom is -0.306 e. The molecule has 0 aliphatic carbocycles. The van der Waals surface area contributed by atoms with E-state index in [2.05, 4.69) is 0 Å². The molecule has 2 aromatic rings. The standard InChI is InChI=1S/C13H11Cl3N2/c14-10-5-11(15)7-12(6-10)18(17)8-9-3-1-2-4-13(9)16/h1-7H,8,17H2. The molecule has 0 aromatic heterocycles. The van der Waals surface area contributed by atoms with Crippen LogP contribution in [0.25, 0.3) is 0 Å². The van der Waals surface area contributed by atoms with E-state index >= 15 is 0 Å². The van der Waals surface area contributed by atoms with Crippen LogP contribution in [0.15, 0.2) is 42.5 Å². The van der Waals surface area contributed by atoms with Crippen molar-refractivity contribution in [1.29, 1.82) is 0 Å². The van der Waals surface area contributed by atoms with Crippen LogP contribution in [-0.4, -0.2) is 0 Å². The fourth-order valence-corrected chi connectivity index (χ4v) is 2.32. The predicted octanol–water partition coefficient (Wildman–Crippen LogP) is 4.53. The molecule has 0 spiro atoms. The average Bonchev–Trinajstić information content (AvgIpc) is 2.31. The van der Waals surface area contributed by atoms with Crippen molar-refractivity contribution in [3.63, 3.8) is 0 Å². The zero-order valence-corrected chi connectivity index (χ0v) is 11.7. The Morgan fingerprint density at radius 2 is 1.56 bits per heavy atom. The van der Waals surface area contributed by atoms with Gasteiger partial charge in [0, 0.05) is 15.1 Å². The molecule has 0 amide bonds. The Balaban J connectivity index is 2.22. The smallest absolute Gasteiger partial charge is 0.0607 e. The number of rotatable bonds is 3. The summed E-state index contributed by atoms with van der Waals surface area (Å²) in [5.41, 5.74) is 1.69. The van der Waals surface area contributed by atoms with Crippen molar-refractivity contribution in [2.75, 3.05) is 5.01 Å². The van der Waals surface area contributed by atoms with Gasteiger partial charge in [0.05, 0.1) is 12.2 Å². The van der Waals surface area contributed by atoms with E-state index in [0.29, 0.717) is 21.6 Å². The molecular formula is C13H11Cl3N2. The first-order valence-corrected chi connectivity index (χ1v) is 6.41. The van der Waals surface area contributed by atoms with Crippen LogP contribution in [0, 0.1) is 0 Å². The minimum absolute atomic E-state index is 0.482. The van der Waals surface area contributed by atoms with E-state index in [-0.39, 0.29) is 0 Å². The van der Waals surface area contributed by atoms with Gasteiger partial charge >= 0.3 is 0 Å². The third-order valence-corrected chi connectivity index (χ3v) is 3.28. The molecule has 0 heterocycles. The van der Waals surface area contributed by atoms with Crippen molar-refractivity contribution in [1.82, 2.24) is 0 Å². The molecular weight excluding hydrogens is 291 g/mol. The molecule has 0 saturated heterocycles. The van der Waals surface area contributed by atoms with E-state index in [9.17, 15) is 0 Å². The second-order valence-electron chi connectivity index (χ2n) is 3.85. The highest BCUT2D eigenvalue weighted by molar-refractivity contribution is 6.35. The van der Waals surface area contributed by atoms with Gasteiger partial charge in [-0.1, -0.05) is 53.0 Å². The van der Waals surface area contributed by atoms with Crippen LogP contribution >= 0.6 is 34.8 Å². The van der Waals surface area contributed by atoms with Crippen LogP contribution < -0.4 is 10.9 Å². The summed E-state index contributed by atoms with van der Waals surface area (Å²) in [5, 5.41) is 3.33. The lowest BCUT2D eigenvalue weighted by Crippen LogP contribution is -2.30. The minimum atomic E-state index is 0.482. The Bertz CT molecular complexity index is 537. The first-order chi connectivity index (χ1) is 8.56. The van der Waals surface area contributed by atoms with Crippen LogP contribution in [0.1, 0.15) is 5.56 Å². The second kappa shape index (κ2) is 5.81. The van der Waals surface area contributed by atoms with E-state index in [1.54, 1.807) is 23.2 Å². The molecule has 0 bridgehead atoms. The maximum absolute atomic E-state index is 6.08. The van der Waals surface area contributed by atoms with Gasteiger partial charge in [-0.3, -0.25) is 0 Å². The van der Waals surface area contributed by atoms with Gasteiger partial charge in [0.15, 0.2) is 0 Å². The zero-order chi connectivity index (χ0) is 13.1. The van der Waals surface area contributed by atoms with Crippen LogP contribution in [0.4, 0.5) is 5.69 Å². The van der Waals surface area contributed by atoms with Crippen molar-refractivity contribution in [2.45, 2.75) is 6.54 Å². The molecule has 0 aliphatic heterocycles. The van der Waals surface area contributed by atoms with Crippen molar-refractivity contribution >= 4 is 40.5 Å². The summed E-state index contributed by atoms with van der Waals surface area (Å²) in [7, 11) is 0. The maximum Gasteiger partial charge on any atom is 0.0607 e. The summed E-state index contributed by atoms with van der Waals surface area (Å²) in [4.78, 5) is 0. The van der Waals surface area contributed by atoms with E-state index in [1.807, 2.05) is 24.3 Å². The molecule has 0 saturated carbocycles. The zero-order valence-electron chi connectivity index (χ0n) is 9.41. The van der Waals surface area contributed by atoms with Crippen molar-refractivity contribution in [3.05, 3.63) is 63.1 Å². The average molecular weight is 302 g/mol. The van der Waals surface area contributed by atoms with Crippen molar-refractivity contribution in [3.8, 4) is 0 Å². The first kappa shape index (κ1) is 13.5. The van der Waals surface area contributed by atoms with Crippen molar-refractivity contribution in [2.24, 2.45) is 5.84 Å². The van der Waals surface area contributed by atoms with Gasteiger partial charge in [-0.15, -0.1) is 0 Å². The summed E-state index contributed by atoms with van der Waals surface area (Å²) in [6.45, 7) is 0.482. The van der Waals surface area contributed by atoms with Gasteiger partial charge < -0.3 is 5.01 Å². The van der Waals surface area contributed by atoms with Gasteiger partial charge in [0.2, 0.25) is 0 Å². The molecule has 2 aromatic carbocycles. The molecule has 2 nitrogen and oxygen atoms in total. The van der Waals surface area contributed by atoms with Crippen LogP contribution in [0.5, 0.6) is 0 Å². The molecule has 5 heteroatoms. The third kappa shape index (κ3) is 3.30. The molecule has 94 valence electrons. The number of hydrazine groups is 1. The lowest BCUT2D eigenvalue weighted by Gasteiger charge is -2.20. The Labute approximate surface area is 121 Å². The molecule has 0 atom stereocenters. The lowest BCUT2D eigenvalue weighted by molar-refractivity contribution is 0.853. The predicted molar refractivity (Wildman–Crippen MR) is 78.3 cm³/mol. The molecule has 0 aliphatic rings. The Hall–Kier alpha value is -0.930. The number of hydrogen-bond donors (Lipinski definition) is 1. The van der Waals surface area contributed by atoms with Gasteiger partial charge in [0.25, 0.3) is 0 Å². The van der Waals surface area contributed by atoms with Crippen molar-refractivity contribution < 1.29 is 0 Å². The third-order valence-electron chi connectivity index (χ3n) is 2.48. The fraction of sp³-hybridized carbons (Fsp3) is 0.0769. The molecule has 0 unspecified atom stereocenters. The van der Waals surface area contributed by atoms with Gasteiger partial charge in [0.1, 0.15) is 0 Å². The van der Waals surface area contributed by atoms with Gasteiger partial charge in [-0.05, 0) is 29.8 Å². The molecule has 2 rings (SSSR count). The van der Waals surface area contributed by atoms with E-state index in [1.165, 1.54) is 0 Å². The van der Waals surface area contributed by atoms with E-state index in [4.69, 9.17) is 40.6 Å². The van der Waals surface area contributed by atoms with Crippen LogP contribution in [0.2, 0.25) is 15.1 Å². The Morgan fingerprint density at radius 3 is 2.17 bits per heavy atom. The highest BCUT2D eigenvalue weighted by atomic mass is 35.5. The Morgan fingerprint density at radius 1 is 0.944 bits per heavy atom. The summed E-state index contributed by atoms with van der Waals surface area (Å²) < 4.78 is 0. The fourth-order valence-electron chi connectivity index (χ4n) is 1.61. The number of halogens is 3. The van der Waals surface area contributed by atoms with Crippen LogP contribution in [-0.2, 0) is 6.54 Å². The second-order valence-corrected chi connectivity index (χ2v) is 5.13. The summed E-state index contributed by atoms with van der Waals surface area (Å²) >= 11 is 18.0. The summed E-state index contributed by atoms with van der Waals surface area (Å²) in [6.07, 6.45) is 0. The summed E-state index contributed by atoms with van der Waals surface area (Å²) in [6, 6.07) is 12.7. The lowest BCUT2D eigenvalue weighted by atomic mass is 10.2. The Kier molecular flexibility index (Phi) is 4.36. The SMILES string of the molecule is NN(Cc1ccccc1Cl)c1cc(Cl)cc(Cl)c1. The topological polar surface area (TPSA) is 29.3 Å². The number of anilines is 1. The summed E-state index contributed by atoms with van der Waals surface area (Å²) in [5.74, 6) is 5.99. The number of hydrogen-bond acceptors (Lipinski definition) is 2. The van der Waals surface area contributed by atoms with E-state index in [0.717, 1.165) is 11.3 Å². The number of nitrogens with two attached hydrogens (primary N) is 1.